The second kappa shape index (κ2) is 6.26. The van der Waals surface area contributed by atoms with Crippen LogP contribution in [0.1, 0.15) is 17.0 Å². The average Bonchev–Trinajstić information content (AvgIpc) is 2.39. The molecule has 0 fully saturated rings. The highest BCUT2D eigenvalue weighted by molar-refractivity contribution is 5.23. The Hall–Kier alpha value is -1.74. The Bertz CT molecular complexity index is 485. The quantitative estimate of drug-likeness (QED) is 0.874. The van der Waals surface area contributed by atoms with Crippen LogP contribution in [0, 0.1) is 5.82 Å². The highest BCUT2D eigenvalue weighted by atomic mass is 19.1. The molecule has 2 rings (SSSR count). The number of aromatic nitrogens is 1. The van der Waals surface area contributed by atoms with Crippen molar-refractivity contribution >= 4 is 0 Å². The molecule has 0 saturated heterocycles. The Morgan fingerprint density at radius 3 is 2.67 bits per heavy atom. The van der Waals surface area contributed by atoms with E-state index >= 15 is 0 Å². The fourth-order valence-corrected chi connectivity index (χ4v) is 2.13. The number of hydrogen-bond donors (Lipinski definition) is 1. The van der Waals surface area contributed by atoms with E-state index in [9.17, 15) is 4.39 Å². The summed E-state index contributed by atoms with van der Waals surface area (Å²) in [5.74, 6) is 0.0589. The van der Waals surface area contributed by atoms with E-state index < -0.39 is 0 Å². The van der Waals surface area contributed by atoms with Crippen molar-refractivity contribution in [3.05, 3.63) is 65.7 Å². The minimum absolute atomic E-state index is 0.274. The molecule has 3 heteroatoms. The van der Waals surface area contributed by atoms with E-state index in [-0.39, 0.29) is 5.82 Å². The topological polar surface area (TPSA) is 24.9 Å². The van der Waals surface area contributed by atoms with Crippen LogP contribution in [0.25, 0.3) is 0 Å². The van der Waals surface area contributed by atoms with Crippen LogP contribution in [0.2, 0.25) is 0 Å². The molecule has 1 atom stereocenters. The van der Waals surface area contributed by atoms with Gasteiger partial charge in [0, 0.05) is 18.7 Å². The third kappa shape index (κ3) is 3.37. The second-order valence-electron chi connectivity index (χ2n) is 4.38. The lowest BCUT2D eigenvalue weighted by Gasteiger charge is -2.17. The molecule has 0 saturated carbocycles. The number of pyridine rings is 1. The van der Waals surface area contributed by atoms with Gasteiger partial charge in [-0.15, -0.1) is 0 Å². The number of hydrogen-bond acceptors (Lipinski definition) is 2. The molecule has 1 aromatic heterocycles. The molecule has 2 nitrogen and oxygen atoms in total. The van der Waals surface area contributed by atoms with Crippen LogP contribution in [0.5, 0.6) is 0 Å². The Morgan fingerprint density at radius 2 is 2.00 bits per heavy atom. The van der Waals surface area contributed by atoms with Crippen LogP contribution in [-0.2, 0) is 6.42 Å². The largest absolute Gasteiger partial charge is 0.319 e. The highest BCUT2D eigenvalue weighted by Crippen LogP contribution is 2.20. The van der Waals surface area contributed by atoms with Crippen molar-refractivity contribution in [2.24, 2.45) is 0 Å². The zero-order valence-corrected chi connectivity index (χ0v) is 10.4. The van der Waals surface area contributed by atoms with E-state index in [1.807, 2.05) is 25.2 Å². The summed E-state index contributed by atoms with van der Waals surface area (Å²) < 4.78 is 13.1. The van der Waals surface area contributed by atoms with Gasteiger partial charge in [-0.2, -0.15) is 0 Å². The maximum absolute atomic E-state index is 13.1. The predicted octanol–water partition coefficient (Wildman–Crippen LogP) is 2.77. The Balaban J connectivity index is 2.16. The molecule has 94 valence electrons. The van der Waals surface area contributed by atoms with Gasteiger partial charge < -0.3 is 5.32 Å². The molecule has 0 aliphatic rings. The summed E-state index contributed by atoms with van der Waals surface area (Å²) in [6, 6.07) is 11.8. The summed E-state index contributed by atoms with van der Waals surface area (Å²) in [4.78, 5) is 3.90. The number of nitrogens with zero attached hydrogens (tertiary/aromatic N) is 1. The Labute approximate surface area is 107 Å². The van der Waals surface area contributed by atoms with Crippen molar-refractivity contribution in [3.63, 3.8) is 0 Å². The van der Waals surface area contributed by atoms with E-state index in [0.29, 0.717) is 5.92 Å². The minimum Gasteiger partial charge on any atom is -0.319 e. The summed E-state index contributed by atoms with van der Waals surface area (Å²) in [6.45, 7) is 0.862. The van der Waals surface area contributed by atoms with Crippen molar-refractivity contribution < 1.29 is 4.39 Å². The predicted molar refractivity (Wildman–Crippen MR) is 71.0 cm³/mol. The first kappa shape index (κ1) is 12.7. The molecule has 0 aliphatic heterocycles. The summed E-state index contributed by atoms with van der Waals surface area (Å²) in [6.07, 6.45) is 3.75. The van der Waals surface area contributed by atoms with Crippen LogP contribution in [0.4, 0.5) is 4.39 Å². The van der Waals surface area contributed by atoms with Gasteiger partial charge in [-0.25, -0.2) is 4.39 Å². The summed E-state index contributed by atoms with van der Waals surface area (Å²) in [5, 5.41) is 3.19. The molecule has 0 aliphatic carbocycles. The SMILES string of the molecule is CNCC(Cc1cncc(F)c1)c1ccccc1. The van der Waals surface area contributed by atoms with Crippen molar-refractivity contribution in [2.45, 2.75) is 12.3 Å². The molecule has 1 heterocycles. The average molecular weight is 244 g/mol. The number of likely N-dealkylation sites (N-methyl/N-ethyl adjacent to an activating group) is 1. The number of nitrogens with one attached hydrogen (secondary N) is 1. The lowest BCUT2D eigenvalue weighted by Crippen LogP contribution is -2.19. The molecule has 2 aromatic rings. The van der Waals surface area contributed by atoms with E-state index in [1.165, 1.54) is 11.8 Å². The van der Waals surface area contributed by atoms with Gasteiger partial charge >= 0.3 is 0 Å². The monoisotopic (exact) mass is 244 g/mol. The Kier molecular flexibility index (Phi) is 4.42. The lowest BCUT2D eigenvalue weighted by molar-refractivity contribution is 0.602. The summed E-state index contributed by atoms with van der Waals surface area (Å²) in [5.41, 5.74) is 2.19. The molecule has 0 radical (unpaired) electrons. The maximum Gasteiger partial charge on any atom is 0.141 e. The maximum atomic E-state index is 13.1. The summed E-state index contributed by atoms with van der Waals surface area (Å²) in [7, 11) is 1.93. The second-order valence-corrected chi connectivity index (χ2v) is 4.38. The normalized spacial score (nSPS) is 12.3. The first-order chi connectivity index (χ1) is 8.79. The fraction of sp³-hybridized carbons (Fsp3) is 0.267. The molecular formula is C15H17FN2. The molecule has 0 spiro atoms. The van der Waals surface area contributed by atoms with Crippen LogP contribution >= 0.6 is 0 Å². The van der Waals surface area contributed by atoms with Gasteiger partial charge in [-0.1, -0.05) is 30.3 Å². The van der Waals surface area contributed by atoms with E-state index in [0.717, 1.165) is 18.5 Å². The van der Waals surface area contributed by atoms with Crippen molar-refractivity contribution in [2.75, 3.05) is 13.6 Å². The molecular weight excluding hydrogens is 227 g/mol. The van der Waals surface area contributed by atoms with Crippen LogP contribution in [-0.4, -0.2) is 18.6 Å². The number of halogens is 1. The van der Waals surface area contributed by atoms with Crippen LogP contribution in [0.3, 0.4) is 0 Å². The van der Waals surface area contributed by atoms with E-state index in [1.54, 1.807) is 12.3 Å². The van der Waals surface area contributed by atoms with Gasteiger partial charge in [-0.05, 0) is 30.7 Å². The van der Waals surface area contributed by atoms with E-state index in [2.05, 4.69) is 22.4 Å². The lowest BCUT2D eigenvalue weighted by atomic mass is 9.92. The van der Waals surface area contributed by atoms with Crippen molar-refractivity contribution in [1.29, 1.82) is 0 Å². The molecule has 1 unspecified atom stereocenters. The molecule has 1 aromatic carbocycles. The molecule has 0 bridgehead atoms. The molecule has 1 N–H and O–H groups in total. The standard InChI is InChI=1S/C15H17FN2/c1-17-10-14(13-5-3-2-4-6-13)7-12-8-15(16)11-18-9-12/h2-6,8-9,11,14,17H,7,10H2,1H3. The van der Waals surface area contributed by atoms with E-state index in [4.69, 9.17) is 0 Å². The zero-order valence-electron chi connectivity index (χ0n) is 10.4. The van der Waals surface area contributed by atoms with Gasteiger partial charge in [0.2, 0.25) is 0 Å². The minimum atomic E-state index is -0.274. The molecule has 18 heavy (non-hydrogen) atoms. The third-order valence-electron chi connectivity index (χ3n) is 2.97. The third-order valence-corrected chi connectivity index (χ3v) is 2.97. The van der Waals surface area contributed by atoms with Gasteiger partial charge in [0.15, 0.2) is 0 Å². The van der Waals surface area contributed by atoms with Gasteiger partial charge in [0.25, 0.3) is 0 Å². The number of benzene rings is 1. The van der Waals surface area contributed by atoms with Crippen LogP contribution < -0.4 is 5.32 Å². The highest BCUT2D eigenvalue weighted by Gasteiger charge is 2.11. The van der Waals surface area contributed by atoms with Crippen LogP contribution in [0.15, 0.2) is 48.8 Å². The van der Waals surface area contributed by atoms with Gasteiger partial charge in [0.05, 0.1) is 6.20 Å². The Morgan fingerprint density at radius 1 is 1.22 bits per heavy atom. The van der Waals surface area contributed by atoms with Gasteiger partial charge in [0.1, 0.15) is 5.82 Å². The zero-order chi connectivity index (χ0) is 12.8. The van der Waals surface area contributed by atoms with Crippen molar-refractivity contribution in [3.8, 4) is 0 Å². The first-order valence-electron chi connectivity index (χ1n) is 6.08. The molecule has 0 amide bonds. The van der Waals surface area contributed by atoms with Crippen molar-refractivity contribution in [1.82, 2.24) is 10.3 Å². The fourth-order valence-electron chi connectivity index (χ4n) is 2.13. The smallest absolute Gasteiger partial charge is 0.141 e. The van der Waals surface area contributed by atoms with Gasteiger partial charge in [-0.3, -0.25) is 4.98 Å². The first-order valence-corrected chi connectivity index (χ1v) is 6.08. The number of rotatable bonds is 5. The summed E-state index contributed by atoms with van der Waals surface area (Å²) >= 11 is 0.